The van der Waals surface area contributed by atoms with Crippen molar-refractivity contribution in [2.24, 2.45) is 0 Å². The molecule has 0 saturated carbocycles. The molecular formula is C25H27N5O3. The Morgan fingerprint density at radius 2 is 2.00 bits per heavy atom. The molecule has 0 spiro atoms. The van der Waals surface area contributed by atoms with Gasteiger partial charge in [0.25, 0.3) is 0 Å². The topological polar surface area (TPSA) is 72.0 Å². The number of hydrogen-bond acceptors (Lipinski definition) is 8. The maximum Gasteiger partial charge on any atom is 0.158 e. The number of methoxy groups -OCH3 is 1. The van der Waals surface area contributed by atoms with E-state index in [-0.39, 0.29) is 6.04 Å². The van der Waals surface area contributed by atoms with Crippen molar-refractivity contribution < 1.29 is 14.3 Å². The lowest BCUT2D eigenvalue weighted by molar-refractivity contribution is 0.0991. The molecule has 1 unspecified atom stereocenters. The van der Waals surface area contributed by atoms with E-state index in [9.17, 15) is 0 Å². The van der Waals surface area contributed by atoms with Crippen molar-refractivity contribution in [3.8, 4) is 5.75 Å². The van der Waals surface area contributed by atoms with E-state index < -0.39 is 0 Å². The first-order valence-electron chi connectivity index (χ1n) is 11.4. The summed E-state index contributed by atoms with van der Waals surface area (Å²) in [5.41, 5.74) is 3.22. The Kier molecular flexibility index (Phi) is 5.24. The molecule has 1 N–H and O–H groups in total. The number of hydrogen-bond donors (Lipinski definition) is 1. The zero-order valence-electron chi connectivity index (χ0n) is 18.6. The predicted octanol–water partition coefficient (Wildman–Crippen LogP) is 4.09. The minimum Gasteiger partial charge on any atom is -0.494 e. The van der Waals surface area contributed by atoms with E-state index in [0.717, 1.165) is 48.9 Å². The van der Waals surface area contributed by atoms with Crippen LogP contribution in [0.4, 0.5) is 23.0 Å². The van der Waals surface area contributed by atoms with Gasteiger partial charge in [0.05, 0.1) is 44.2 Å². The molecule has 0 amide bonds. The summed E-state index contributed by atoms with van der Waals surface area (Å²) in [6.45, 7) is 2.40. The maximum absolute atomic E-state index is 5.93. The highest BCUT2D eigenvalue weighted by atomic mass is 16.7. The first-order chi connectivity index (χ1) is 16.3. The Hall–Kier alpha value is -3.36. The van der Waals surface area contributed by atoms with Crippen LogP contribution >= 0.6 is 0 Å². The monoisotopic (exact) mass is 445 g/mol. The lowest BCUT2D eigenvalue weighted by Crippen LogP contribution is -2.36. The smallest absolute Gasteiger partial charge is 0.158 e. The number of aromatic nitrogens is 2. The summed E-state index contributed by atoms with van der Waals surface area (Å²) in [6.07, 6.45) is 3.93. The molecule has 3 aliphatic rings. The fourth-order valence-corrected chi connectivity index (χ4v) is 5.02. The molecular weight excluding hydrogens is 418 g/mol. The first kappa shape index (κ1) is 20.3. The molecule has 3 fully saturated rings. The van der Waals surface area contributed by atoms with Gasteiger partial charge in [-0.15, -0.1) is 0 Å². The maximum atomic E-state index is 5.93. The van der Waals surface area contributed by atoms with E-state index in [1.54, 1.807) is 13.4 Å². The van der Waals surface area contributed by atoms with Crippen LogP contribution < -0.4 is 20.0 Å². The quantitative estimate of drug-likeness (QED) is 0.608. The van der Waals surface area contributed by atoms with Crippen LogP contribution in [0.2, 0.25) is 0 Å². The molecule has 3 aliphatic heterocycles. The molecule has 170 valence electrons. The molecule has 1 aromatic heterocycles. The fourth-order valence-electron chi connectivity index (χ4n) is 5.02. The number of hydroxylamine groups is 1. The molecule has 2 aromatic carbocycles. The Labute approximate surface area is 193 Å². The molecule has 33 heavy (non-hydrogen) atoms. The SMILES string of the molecule is COc1cc(N2C[C@H]3C[C@@H]2CO3)ccc1Nc1cc(N2OCCC2c2ccccc2)ncn1. The largest absolute Gasteiger partial charge is 0.494 e. The summed E-state index contributed by atoms with van der Waals surface area (Å²) in [5, 5.41) is 5.27. The van der Waals surface area contributed by atoms with E-state index >= 15 is 0 Å². The Morgan fingerprint density at radius 3 is 2.79 bits per heavy atom. The molecule has 8 nitrogen and oxygen atoms in total. The number of nitrogens with zero attached hydrogens (tertiary/aromatic N) is 4. The van der Waals surface area contributed by atoms with Crippen molar-refractivity contribution in [2.75, 3.05) is 42.1 Å². The molecule has 6 rings (SSSR count). The zero-order chi connectivity index (χ0) is 22.2. The van der Waals surface area contributed by atoms with E-state index in [4.69, 9.17) is 14.3 Å². The van der Waals surface area contributed by atoms with Gasteiger partial charge in [0.2, 0.25) is 0 Å². The van der Waals surface area contributed by atoms with E-state index in [1.807, 2.05) is 23.3 Å². The Morgan fingerprint density at radius 1 is 1.09 bits per heavy atom. The normalized spacial score (nSPS) is 23.8. The number of morpholine rings is 1. The standard InChI is InChI=1S/C25H27N5O3/c1-31-23-12-18(29-14-20-11-19(29)15-32-20)7-8-21(23)28-24-13-25(27-16-26-24)30-22(9-10-33-30)17-5-3-2-4-6-17/h2-8,12-13,16,19-20,22H,9-11,14-15H2,1H3,(H,26,27,28)/t19-,20-,22?/m1/s1. The number of nitrogens with one attached hydrogen (secondary N) is 1. The van der Waals surface area contributed by atoms with Gasteiger partial charge in [0.1, 0.15) is 17.9 Å². The van der Waals surface area contributed by atoms with Gasteiger partial charge in [0, 0.05) is 30.8 Å². The van der Waals surface area contributed by atoms with Gasteiger partial charge in [-0.2, -0.15) is 0 Å². The number of rotatable bonds is 6. The second-order valence-corrected chi connectivity index (χ2v) is 8.64. The summed E-state index contributed by atoms with van der Waals surface area (Å²) < 4.78 is 11.4. The molecule has 0 radical (unpaired) electrons. The van der Waals surface area contributed by atoms with Gasteiger partial charge in [-0.1, -0.05) is 30.3 Å². The van der Waals surface area contributed by atoms with Crippen LogP contribution in [0.25, 0.3) is 0 Å². The van der Waals surface area contributed by atoms with Crippen LogP contribution in [0.5, 0.6) is 5.75 Å². The molecule has 3 aromatic rings. The highest BCUT2D eigenvalue weighted by Gasteiger charge is 2.39. The van der Waals surface area contributed by atoms with E-state index in [1.165, 1.54) is 5.56 Å². The average Bonchev–Trinajstić information content (AvgIpc) is 3.62. The third kappa shape index (κ3) is 3.85. The second-order valence-electron chi connectivity index (χ2n) is 8.64. The highest BCUT2D eigenvalue weighted by Crippen LogP contribution is 2.38. The highest BCUT2D eigenvalue weighted by molar-refractivity contribution is 5.70. The van der Waals surface area contributed by atoms with E-state index in [0.29, 0.717) is 24.6 Å². The summed E-state index contributed by atoms with van der Waals surface area (Å²) in [6, 6.07) is 19.1. The fraction of sp³-hybridized carbons (Fsp3) is 0.360. The summed E-state index contributed by atoms with van der Waals surface area (Å²) in [7, 11) is 1.69. The first-order valence-corrected chi connectivity index (χ1v) is 11.4. The summed E-state index contributed by atoms with van der Waals surface area (Å²) in [4.78, 5) is 17.2. The van der Waals surface area contributed by atoms with Crippen LogP contribution in [0.1, 0.15) is 24.4 Å². The van der Waals surface area contributed by atoms with Gasteiger partial charge >= 0.3 is 0 Å². The predicted molar refractivity (Wildman–Crippen MR) is 126 cm³/mol. The third-order valence-electron chi connectivity index (χ3n) is 6.65. The minimum absolute atomic E-state index is 0.127. The van der Waals surface area contributed by atoms with Crippen molar-refractivity contribution in [3.05, 3.63) is 66.5 Å². The molecule has 8 heteroatoms. The molecule has 2 bridgehead atoms. The van der Waals surface area contributed by atoms with Crippen LogP contribution in [0.15, 0.2) is 60.9 Å². The molecule has 3 saturated heterocycles. The summed E-state index contributed by atoms with van der Waals surface area (Å²) in [5.74, 6) is 2.18. The lowest BCUT2D eigenvalue weighted by atomic mass is 10.0. The number of ether oxygens (including phenoxy) is 2. The molecule has 4 heterocycles. The number of fused-ring (bicyclic) bond motifs is 2. The van der Waals surface area contributed by atoms with Crippen LogP contribution in [-0.4, -0.2) is 49.0 Å². The van der Waals surface area contributed by atoms with Crippen molar-refractivity contribution in [1.82, 2.24) is 9.97 Å². The van der Waals surface area contributed by atoms with Crippen molar-refractivity contribution in [1.29, 1.82) is 0 Å². The summed E-state index contributed by atoms with van der Waals surface area (Å²) >= 11 is 0. The number of anilines is 4. The van der Waals surface area contributed by atoms with Crippen LogP contribution in [0.3, 0.4) is 0 Å². The average molecular weight is 446 g/mol. The number of benzene rings is 2. The lowest BCUT2D eigenvalue weighted by Gasteiger charge is -2.29. The van der Waals surface area contributed by atoms with Gasteiger partial charge in [-0.25, -0.2) is 15.0 Å². The molecule has 0 aliphatic carbocycles. The minimum atomic E-state index is 0.127. The van der Waals surface area contributed by atoms with Gasteiger partial charge in [-0.3, -0.25) is 4.84 Å². The Balaban J connectivity index is 1.22. The van der Waals surface area contributed by atoms with Crippen molar-refractivity contribution in [3.63, 3.8) is 0 Å². The van der Waals surface area contributed by atoms with Crippen LogP contribution in [-0.2, 0) is 9.57 Å². The molecule has 3 atom stereocenters. The van der Waals surface area contributed by atoms with Gasteiger partial charge in [0.15, 0.2) is 5.82 Å². The Bertz CT molecular complexity index is 1130. The van der Waals surface area contributed by atoms with Crippen molar-refractivity contribution >= 4 is 23.0 Å². The van der Waals surface area contributed by atoms with Crippen molar-refractivity contribution in [2.45, 2.75) is 31.0 Å². The van der Waals surface area contributed by atoms with E-state index in [2.05, 4.69) is 56.6 Å². The third-order valence-corrected chi connectivity index (χ3v) is 6.65. The van der Waals surface area contributed by atoms with Crippen LogP contribution in [0, 0.1) is 0 Å². The van der Waals surface area contributed by atoms with Gasteiger partial charge in [-0.05, 0) is 24.1 Å². The van der Waals surface area contributed by atoms with Gasteiger partial charge < -0.3 is 19.7 Å². The zero-order valence-corrected chi connectivity index (χ0v) is 18.6. The second kappa shape index (κ2) is 8.53.